The average molecular weight is 497 g/mol. The van der Waals surface area contributed by atoms with Gasteiger partial charge in [0.25, 0.3) is 0 Å². The maximum Gasteiger partial charge on any atom is 0.377 e. The highest BCUT2D eigenvalue weighted by Crippen LogP contribution is 2.42. The van der Waals surface area contributed by atoms with Crippen LogP contribution in [0.25, 0.3) is 0 Å². The number of nitrogens with two attached hydrogens (primary N) is 1. The minimum Gasteiger partial charge on any atom is -0.487 e. The van der Waals surface area contributed by atoms with Crippen LogP contribution in [0, 0.1) is 11.7 Å². The molecule has 2 unspecified atom stereocenters. The lowest BCUT2D eigenvalue weighted by molar-refractivity contribution is -1.21. The number of benzene rings is 2. The molecular weight excluding hydrogens is 465 g/mol. The first-order valence-electron chi connectivity index (χ1n) is 12.0. The van der Waals surface area contributed by atoms with Crippen LogP contribution in [0.3, 0.4) is 0 Å². The summed E-state index contributed by atoms with van der Waals surface area (Å²) in [6.07, 6.45) is 4.95. The summed E-state index contributed by atoms with van der Waals surface area (Å²) in [7, 11) is 0. The SMILES string of the molecule is CC(=O)[N+](O)(ON)C(c1ccc(OCc2cccc(Oc3ccc(F)cc3)n2)cc1)C1CCCCC1. The maximum atomic E-state index is 13.1. The normalized spacial score (nSPS) is 16.7. The molecule has 8 nitrogen and oxygen atoms in total. The fourth-order valence-electron chi connectivity index (χ4n) is 4.68. The summed E-state index contributed by atoms with van der Waals surface area (Å²) in [5.74, 6) is 5.99. The first-order valence-corrected chi connectivity index (χ1v) is 12.0. The first-order chi connectivity index (χ1) is 17.4. The molecular formula is C27H31FN3O5+. The lowest BCUT2D eigenvalue weighted by Gasteiger charge is -2.36. The van der Waals surface area contributed by atoms with E-state index in [0.29, 0.717) is 23.1 Å². The number of amides is 1. The van der Waals surface area contributed by atoms with Gasteiger partial charge in [0.05, 0.1) is 12.6 Å². The molecule has 1 fully saturated rings. The van der Waals surface area contributed by atoms with E-state index >= 15 is 0 Å². The number of quaternary nitrogens is 1. The van der Waals surface area contributed by atoms with Crippen LogP contribution in [0.2, 0.25) is 0 Å². The van der Waals surface area contributed by atoms with Gasteiger partial charge in [0.2, 0.25) is 5.88 Å². The van der Waals surface area contributed by atoms with Crippen molar-refractivity contribution < 1.29 is 33.6 Å². The third kappa shape index (κ3) is 6.06. The average Bonchev–Trinajstić information content (AvgIpc) is 2.90. The van der Waals surface area contributed by atoms with Crippen molar-refractivity contribution in [3.05, 3.63) is 83.8 Å². The van der Waals surface area contributed by atoms with Crippen LogP contribution in [0.15, 0.2) is 66.7 Å². The quantitative estimate of drug-likeness (QED) is 0.220. The highest BCUT2D eigenvalue weighted by atomic mass is 19.1. The Hall–Kier alpha value is -3.37. The van der Waals surface area contributed by atoms with Crippen LogP contribution in [0.4, 0.5) is 4.39 Å². The Kier molecular flexibility index (Phi) is 8.27. The molecule has 4 rings (SSSR count). The standard InChI is InChI=1S/C27H31FN3O5/c1-19(32)31(33,36-29)27(20-6-3-2-4-7-20)21-10-14-24(15-11-21)34-18-23-8-5-9-26(30-23)35-25-16-12-22(28)13-17-25/h5,8-17,20,27,33H,2-4,6-7,18,29H2,1H3/q+1. The summed E-state index contributed by atoms with van der Waals surface area (Å²) in [6.45, 7) is 1.46. The molecule has 1 aliphatic carbocycles. The molecule has 0 saturated heterocycles. The molecule has 3 N–H and O–H groups in total. The minimum absolute atomic E-state index is 0.0519. The van der Waals surface area contributed by atoms with E-state index in [1.54, 1.807) is 24.3 Å². The molecule has 36 heavy (non-hydrogen) atoms. The van der Waals surface area contributed by atoms with E-state index in [4.69, 9.17) is 20.3 Å². The molecule has 0 aliphatic heterocycles. The van der Waals surface area contributed by atoms with Gasteiger partial charge < -0.3 is 9.47 Å². The van der Waals surface area contributed by atoms with Gasteiger partial charge >= 0.3 is 5.91 Å². The fourth-order valence-corrected chi connectivity index (χ4v) is 4.68. The van der Waals surface area contributed by atoms with Gasteiger partial charge in [-0.2, -0.15) is 11.1 Å². The van der Waals surface area contributed by atoms with E-state index < -0.39 is 16.8 Å². The molecule has 1 aliphatic rings. The first kappa shape index (κ1) is 25.7. The second kappa shape index (κ2) is 11.6. The summed E-state index contributed by atoms with van der Waals surface area (Å²) in [5, 5.41) is 11.0. The number of ether oxygens (including phenoxy) is 2. The molecule has 1 aromatic heterocycles. The minimum atomic E-state index is -1.30. The zero-order valence-electron chi connectivity index (χ0n) is 20.2. The number of nitrogens with zero attached hydrogens (tertiary/aromatic N) is 2. The molecule has 3 aromatic rings. The third-order valence-corrected chi connectivity index (χ3v) is 6.51. The van der Waals surface area contributed by atoms with E-state index in [2.05, 4.69) is 4.98 Å². The Morgan fingerprint density at radius 1 is 1.06 bits per heavy atom. The van der Waals surface area contributed by atoms with E-state index in [0.717, 1.165) is 37.7 Å². The van der Waals surface area contributed by atoms with Gasteiger partial charge in [-0.15, -0.1) is 0 Å². The number of rotatable bonds is 9. The molecule has 2 atom stereocenters. The molecule has 0 radical (unpaired) electrons. The maximum absolute atomic E-state index is 13.1. The van der Waals surface area contributed by atoms with Crippen molar-refractivity contribution in [2.75, 3.05) is 0 Å². The predicted molar refractivity (Wildman–Crippen MR) is 129 cm³/mol. The largest absolute Gasteiger partial charge is 0.487 e. The van der Waals surface area contributed by atoms with E-state index in [1.165, 1.54) is 31.2 Å². The van der Waals surface area contributed by atoms with Crippen molar-refractivity contribution in [3.8, 4) is 17.4 Å². The fraction of sp³-hybridized carbons (Fsp3) is 0.333. The summed E-state index contributed by atoms with van der Waals surface area (Å²) < 4.78 is 24.7. The van der Waals surface area contributed by atoms with Crippen molar-refractivity contribution in [1.29, 1.82) is 0 Å². The van der Waals surface area contributed by atoms with Crippen LogP contribution >= 0.6 is 0 Å². The number of hydrogen-bond donors (Lipinski definition) is 2. The van der Waals surface area contributed by atoms with Crippen molar-refractivity contribution >= 4 is 5.91 Å². The molecule has 190 valence electrons. The smallest absolute Gasteiger partial charge is 0.377 e. The van der Waals surface area contributed by atoms with Crippen molar-refractivity contribution in [2.45, 2.75) is 51.7 Å². The third-order valence-electron chi connectivity index (χ3n) is 6.51. The highest BCUT2D eigenvalue weighted by Gasteiger charge is 2.50. The number of hydrogen-bond acceptors (Lipinski definition) is 7. The van der Waals surface area contributed by atoms with Gasteiger partial charge in [-0.1, -0.05) is 30.3 Å². The van der Waals surface area contributed by atoms with Crippen LogP contribution in [0.5, 0.6) is 17.4 Å². The Morgan fingerprint density at radius 2 is 1.72 bits per heavy atom. The van der Waals surface area contributed by atoms with Gasteiger partial charge in [0.15, 0.2) is 6.04 Å². The number of carbonyl (C=O) groups excluding carboxylic acids is 1. The van der Waals surface area contributed by atoms with Gasteiger partial charge in [-0.3, -0.25) is 0 Å². The zero-order chi connectivity index (χ0) is 25.5. The van der Waals surface area contributed by atoms with E-state index in [9.17, 15) is 14.4 Å². The Labute approximate surface area is 209 Å². The van der Waals surface area contributed by atoms with E-state index in [-0.39, 0.29) is 18.3 Å². The van der Waals surface area contributed by atoms with Crippen LogP contribution in [-0.2, 0) is 16.3 Å². The molecule has 1 amide bonds. The Bertz CT molecular complexity index is 1150. The summed E-state index contributed by atoms with van der Waals surface area (Å²) in [6, 6.07) is 17.6. The number of pyridine rings is 1. The van der Waals surface area contributed by atoms with Crippen LogP contribution in [0.1, 0.15) is 56.3 Å². The molecule has 9 heteroatoms. The predicted octanol–water partition coefficient (Wildman–Crippen LogP) is 5.77. The lowest BCUT2D eigenvalue weighted by Crippen LogP contribution is -2.55. The van der Waals surface area contributed by atoms with Crippen LogP contribution in [-0.4, -0.2) is 20.9 Å². The molecule has 0 spiro atoms. The van der Waals surface area contributed by atoms with Gasteiger partial charge in [-0.05, 0) is 67.4 Å². The zero-order valence-corrected chi connectivity index (χ0v) is 20.2. The Morgan fingerprint density at radius 3 is 2.36 bits per heavy atom. The molecule has 1 heterocycles. The monoisotopic (exact) mass is 496 g/mol. The number of halogens is 1. The number of hydroxylamine groups is 4. The second-order valence-corrected chi connectivity index (χ2v) is 8.97. The van der Waals surface area contributed by atoms with Gasteiger partial charge in [-0.25, -0.2) is 14.2 Å². The number of carbonyl (C=O) groups is 1. The summed E-state index contributed by atoms with van der Waals surface area (Å²) >= 11 is 0. The molecule has 0 bridgehead atoms. The Balaban J connectivity index is 1.45. The summed E-state index contributed by atoms with van der Waals surface area (Å²) in [4.78, 5) is 20.3. The van der Waals surface area contributed by atoms with Gasteiger partial charge in [0, 0.05) is 22.4 Å². The topological polar surface area (TPSA) is 104 Å². The van der Waals surface area contributed by atoms with Gasteiger partial charge in [0.1, 0.15) is 23.9 Å². The second-order valence-electron chi connectivity index (χ2n) is 8.97. The van der Waals surface area contributed by atoms with E-state index in [1.807, 2.05) is 18.2 Å². The molecule has 1 saturated carbocycles. The van der Waals surface area contributed by atoms with Crippen LogP contribution < -0.4 is 15.4 Å². The lowest BCUT2D eigenvalue weighted by atomic mass is 9.80. The number of aromatic nitrogens is 1. The van der Waals surface area contributed by atoms with Crippen molar-refractivity contribution in [1.82, 2.24) is 4.98 Å². The summed E-state index contributed by atoms with van der Waals surface area (Å²) in [5.41, 5.74) is 1.39. The molecule has 2 aromatic carbocycles. The van der Waals surface area contributed by atoms with Crippen molar-refractivity contribution in [3.63, 3.8) is 0 Å². The highest BCUT2D eigenvalue weighted by molar-refractivity contribution is 5.64. The van der Waals surface area contributed by atoms with Crippen molar-refractivity contribution in [2.24, 2.45) is 11.8 Å².